The Hall–Kier alpha value is -2.02. The predicted molar refractivity (Wildman–Crippen MR) is 71.9 cm³/mol. The minimum atomic E-state index is -0.170. The molecule has 0 spiro atoms. The van der Waals surface area contributed by atoms with E-state index in [1.165, 1.54) is 0 Å². The number of anilines is 1. The maximum Gasteiger partial charge on any atom is 0.253 e. The first-order valence-corrected chi connectivity index (χ1v) is 6.04. The van der Waals surface area contributed by atoms with Crippen LogP contribution in [0.3, 0.4) is 0 Å². The van der Waals surface area contributed by atoms with Crippen molar-refractivity contribution in [1.82, 2.24) is 4.90 Å². The van der Waals surface area contributed by atoms with Gasteiger partial charge in [0.25, 0.3) is 5.91 Å². The van der Waals surface area contributed by atoms with Crippen LogP contribution in [0, 0.1) is 24.2 Å². The molecule has 1 aromatic rings. The fraction of sp³-hybridized carbons (Fsp3) is 0.429. The van der Waals surface area contributed by atoms with Gasteiger partial charge in [-0.15, -0.1) is 0 Å². The van der Waals surface area contributed by atoms with Crippen LogP contribution in [-0.4, -0.2) is 23.9 Å². The molecule has 0 aliphatic heterocycles. The molecule has 0 aliphatic rings. The molecular formula is C14H19N3O. The van der Waals surface area contributed by atoms with Crippen molar-refractivity contribution in [3.63, 3.8) is 0 Å². The van der Waals surface area contributed by atoms with Crippen LogP contribution in [-0.2, 0) is 0 Å². The number of aryl methyl sites for hydroxylation is 1. The summed E-state index contributed by atoms with van der Waals surface area (Å²) in [6.07, 6.45) is 0. The number of nitrogens with two attached hydrogens (primary N) is 1. The van der Waals surface area contributed by atoms with E-state index in [1.54, 1.807) is 24.0 Å². The van der Waals surface area contributed by atoms with Crippen LogP contribution >= 0.6 is 0 Å². The third-order valence-electron chi connectivity index (χ3n) is 2.91. The van der Waals surface area contributed by atoms with E-state index in [2.05, 4.69) is 6.07 Å². The van der Waals surface area contributed by atoms with Crippen molar-refractivity contribution in [1.29, 1.82) is 5.26 Å². The molecule has 0 bridgehead atoms. The molecule has 0 saturated heterocycles. The van der Waals surface area contributed by atoms with E-state index in [1.807, 2.05) is 19.9 Å². The van der Waals surface area contributed by atoms with Crippen LogP contribution < -0.4 is 5.73 Å². The number of rotatable bonds is 4. The van der Waals surface area contributed by atoms with E-state index in [4.69, 9.17) is 11.0 Å². The average molecular weight is 245 g/mol. The van der Waals surface area contributed by atoms with Crippen LogP contribution in [0.25, 0.3) is 0 Å². The highest BCUT2D eigenvalue weighted by Gasteiger charge is 2.16. The molecular weight excluding hydrogens is 226 g/mol. The lowest BCUT2D eigenvalue weighted by atomic mass is 10.1. The topological polar surface area (TPSA) is 70.1 Å². The molecule has 0 radical (unpaired) electrons. The van der Waals surface area contributed by atoms with E-state index < -0.39 is 0 Å². The molecule has 1 atom stereocenters. The molecule has 0 aliphatic carbocycles. The molecule has 0 heterocycles. The van der Waals surface area contributed by atoms with Crippen LogP contribution in [0.1, 0.15) is 29.8 Å². The number of hydrogen-bond donors (Lipinski definition) is 1. The second kappa shape index (κ2) is 6.06. The first kappa shape index (κ1) is 14.0. The molecule has 96 valence electrons. The summed E-state index contributed by atoms with van der Waals surface area (Å²) >= 11 is 0. The summed E-state index contributed by atoms with van der Waals surface area (Å²) in [5.41, 5.74) is 7.95. The number of hydrogen-bond acceptors (Lipinski definition) is 3. The Morgan fingerprint density at radius 1 is 1.56 bits per heavy atom. The highest BCUT2D eigenvalue weighted by atomic mass is 16.2. The summed E-state index contributed by atoms with van der Waals surface area (Å²) < 4.78 is 0. The lowest BCUT2D eigenvalue weighted by Crippen LogP contribution is -2.34. The lowest BCUT2D eigenvalue weighted by molar-refractivity contribution is 0.0753. The Balaban J connectivity index is 2.90. The second-order valence-corrected chi connectivity index (χ2v) is 4.45. The molecule has 1 unspecified atom stereocenters. The maximum atomic E-state index is 12.3. The van der Waals surface area contributed by atoms with Crippen LogP contribution in [0.2, 0.25) is 0 Å². The van der Waals surface area contributed by atoms with Crippen molar-refractivity contribution in [2.24, 2.45) is 5.92 Å². The molecule has 18 heavy (non-hydrogen) atoms. The molecule has 4 nitrogen and oxygen atoms in total. The summed E-state index contributed by atoms with van der Waals surface area (Å²) in [4.78, 5) is 13.9. The van der Waals surface area contributed by atoms with Crippen molar-refractivity contribution in [3.8, 4) is 6.07 Å². The molecule has 0 fully saturated rings. The van der Waals surface area contributed by atoms with E-state index in [0.29, 0.717) is 24.3 Å². The Morgan fingerprint density at radius 2 is 2.22 bits per heavy atom. The average Bonchev–Trinajstić information content (AvgIpc) is 2.38. The largest absolute Gasteiger partial charge is 0.398 e. The van der Waals surface area contributed by atoms with E-state index >= 15 is 0 Å². The summed E-state index contributed by atoms with van der Waals surface area (Å²) in [6, 6.07) is 7.44. The van der Waals surface area contributed by atoms with E-state index in [9.17, 15) is 4.79 Å². The Labute approximate surface area is 108 Å². The summed E-state index contributed by atoms with van der Waals surface area (Å²) in [5.74, 6) is -0.247. The third kappa shape index (κ3) is 3.24. The van der Waals surface area contributed by atoms with Crippen molar-refractivity contribution >= 4 is 11.6 Å². The maximum absolute atomic E-state index is 12.3. The molecule has 0 saturated carbocycles. The zero-order valence-corrected chi connectivity index (χ0v) is 11.1. The lowest BCUT2D eigenvalue weighted by Gasteiger charge is -2.22. The predicted octanol–water partition coefficient (Wildman–Crippen LogP) is 2.20. The van der Waals surface area contributed by atoms with Gasteiger partial charge in [-0.1, -0.05) is 6.07 Å². The number of benzene rings is 1. The van der Waals surface area contributed by atoms with Crippen LogP contribution in [0.5, 0.6) is 0 Å². The van der Waals surface area contributed by atoms with E-state index in [0.717, 1.165) is 5.56 Å². The molecule has 1 rings (SSSR count). The SMILES string of the molecule is CCN(CC(C)C#N)C(=O)c1ccc(C)c(N)c1. The number of nitrogen functional groups attached to an aromatic ring is 1. The number of nitrogens with zero attached hydrogens (tertiary/aromatic N) is 2. The number of amides is 1. The van der Waals surface area contributed by atoms with Gasteiger partial charge in [-0.25, -0.2) is 0 Å². The minimum Gasteiger partial charge on any atom is -0.398 e. The molecule has 1 amide bonds. The molecule has 1 aromatic carbocycles. The normalized spacial score (nSPS) is 11.7. The summed E-state index contributed by atoms with van der Waals surface area (Å²) in [7, 11) is 0. The van der Waals surface area contributed by atoms with Gasteiger partial charge in [-0.3, -0.25) is 4.79 Å². The first-order chi connectivity index (χ1) is 8.49. The van der Waals surface area contributed by atoms with Crippen molar-refractivity contribution < 1.29 is 4.79 Å². The highest BCUT2D eigenvalue weighted by Crippen LogP contribution is 2.15. The summed E-state index contributed by atoms with van der Waals surface area (Å²) in [6.45, 7) is 6.64. The Kier molecular flexibility index (Phi) is 4.73. The Bertz CT molecular complexity index is 476. The quantitative estimate of drug-likeness (QED) is 0.827. The van der Waals surface area contributed by atoms with Gasteiger partial charge in [0.05, 0.1) is 12.0 Å². The standard InChI is InChI=1S/C14H19N3O/c1-4-17(9-10(2)8-15)14(18)12-6-5-11(3)13(16)7-12/h5-7,10H,4,9,16H2,1-3H3. The zero-order valence-electron chi connectivity index (χ0n) is 11.1. The van der Waals surface area contributed by atoms with Gasteiger partial charge in [0.2, 0.25) is 0 Å². The van der Waals surface area contributed by atoms with Crippen molar-refractivity contribution in [2.75, 3.05) is 18.8 Å². The zero-order chi connectivity index (χ0) is 13.7. The van der Waals surface area contributed by atoms with E-state index in [-0.39, 0.29) is 11.8 Å². The molecule has 2 N–H and O–H groups in total. The molecule has 4 heteroatoms. The molecule has 0 aromatic heterocycles. The second-order valence-electron chi connectivity index (χ2n) is 4.45. The van der Waals surface area contributed by atoms with Crippen LogP contribution in [0.15, 0.2) is 18.2 Å². The van der Waals surface area contributed by atoms with Gasteiger partial charge in [0.1, 0.15) is 0 Å². The fourth-order valence-corrected chi connectivity index (χ4v) is 1.68. The number of nitriles is 1. The van der Waals surface area contributed by atoms with Crippen molar-refractivity contribution in [3.05, 3.63) is 29.3 Å². The third-order valence-corrected chi connectivity index (χ3v) is 2.91. The monoisotopic (exact) mass is 245 g/mol. The van der Waals surface area contributed by atoms with Gasteiger partial charge in [-0.05, 0) is 38.5 Å². The number of carbonyl (C=O) groups excluding carboxylic acids is 1. The first-order valence-electron chi connectivity index (χ1n) is 6.04. The van der Waals surface area contributed by atoms with Crippen molar-refractivity contribution in [2.45, 2.75) is 20.8 Å². The summed E-state index contributed by atoms with van der Waals surface area (Å²) in [5, 5.41) is 8.80. The smallest absolute Gasteiger partial charge is 0.253 e. The van der Waals surface area contributed by atoms with Gasteiger partial charge in [0.15, 0.2) is 0 Å². The fourth-order valence-electron chi connectivity index (χ4n) is 1.68. The van der Waals surface area contributed by atoms with Gasteiger partial charge >= 0.3 is 0 Å². The van der Waals surface area contributed by atoms with Gasteiger partial charge in [0, 0.05) is 24.3 Å². The van der Waals surface area contributed by atoms with Gasteiger partial charge in [-0.2, -0.15) is 5.26 Å². The minimum absolute atomic E-state index is 0.0775. The Morgan fingerprint density at radius 3 is 2.72 bits per heavy atom. The number of carbonyl (C=O) groups is 1. The highest BCUT2D eigenvalue weighted by molar-refractivity contribution is 5.95. The van der Waals surface area contributed by atoms with Gasteiger partial charge < -0.3 is 10.6 Å². The van der Waals surface area contributed by atoms with Crippen LogP contribution in [0.4, 0.5) is 5.69 Å².